The maximum absolute atomic E-state index is 13.5. The molecule has 112 valence electrons. The highest BCUT2D eigenvalue weighted by Gasteiger charge is 2.28. The van der Waals surface area contributed by atoms with E-state index < -0.39 is 17.4 Å². The van der Waals surface area contributed by atoms with E-state index in [2.05, 4.69) is 15.4 Å². The lowest BCUT2D eigenvalue weighted by molar-refractivity contribution is -0.121. The summed E-state index contributed by atoms with van der Waals surface area (Å²) in [6.45, 7) is 3.39. The number of rotatable bonds is 4. The summed E-state index contributed by atoms with van der Waals surface area (Å²) < 4.78 is 31.5. The Hall–Kier alpha value is -1.40. The fraction of sp³-hybridized carbons (Fsp3) is 0.462. The molecule has 7 heteroatoms. The second-order valence-electron chi connectivity index (χ2n) is 4.67. The zero-order chi connectivity index (χ0) is 14.0. The standard InChI is InChI=1S/C13H16F2N2O2.ClH/c1-7(8-5-16-6-8)13(18)17-9-3-10(14)12(19-2)11(15)4-9;/h3-4,7-8,16H,5-6H2,1-2H3,(H,17,18);1H. The van der Waals surface area contributed by atoms with Gasteiger partial charge in [-0.2, -0.15) is 0 Å². The van der Waals surface area contributed by atoms with Crippen LogP contribution in [0.4, 0.5) is 14.5 Å². The van der Waals surface area contributed by atoms with Crippen LogP contribution in [0.3, 0.4) is 0 Å². The zero-order valence-corrected chi connectivity index (χ0v) is 12.0. The van der Waals surface area contributed by atoms with Crippen molar-refractivity contribution in [1.82, 2.24) is 5.32 Å². The van der Waals surface area contributed by atoms with Crippen molar-refractivity contribution in [2.75, 3.05) is 25.5 Å². The number of methoxy groups -OCH3 is 1. The van der Waals surface area contributed by atoms with Crippen LogP contribution < -0.4 is 15.4 Å². The van der Waals surface area contributed by atoms with Gasteiger partial charge in [-0.05, 0) is 19.0 Å². The highest BCUT2D eigenvalue weighted by atomic mass is 35.5. The molecular weight excluding hydrogens is 290 g/mol. The molecule has 0 aromatic heterocycles. The summed E-state index contributed by atoms with van der Waals surface area (Å²) in [6, 6.07) is 2.09. The van der Waals surface area contributed by atoms with Gasteiger partial charge in [-0.15, -0.1) is 12.4 Å². The van der Waals surface area contributed by atoms with E-state index in [4.69, 9.17) is 0 Å². The normalized spacial score (nSPS) is 15.8. The average Bonchev–Trinajstić information content (AvgIpc) is 2.26. The minimum atomic E-state index is -0.837. The Morgan fingerprint density at radius 2 is 1.95 bits per heavy atom. The van der Waals surface area contributed by atoms with Gasteiger partial charge in [-0.25, -0.2) is 8.78 Å². The van der Waals surface area contributed by atoms with Crippen LogP contribution in [0.1, 0.15) is 6.92 Å². The van der Waals surface area contributed by atoms with Crippen LogP contribution in [0.15, 0.2) is 12.1 Å². The molecule has 0 spiro atoms. The van der Waals surface area contributed by atoms with E-state index in [1.807, 2.05) is 0 Å². The summed E-state index contributed by atoms with van der Waals surface area (Å²) in [5.74, 6) is -2.29. The van der Waals surface area contributed by atoms with Gasteiger partial charge in [0.05, 0.1) is 7.11 Å². The van der Waals surface area contributed by atoms with Gasteiger partial charge in [0.1, 0.15) is 0 Å². The van der Waals surface area contributed by atoms with E-state index in [1.165, 1.54) is 7.11 Å². The molecule has 1 fully saturated rings. The van der Waals surface area contributed by atoms with E-state index >= 15 is 0 Å². The number of hydrogen-bond donors (Lipinski definition) is 2. The number of benzene rings is 1. The molecule has 0 radical (unpaired) electrons. The third-order valence-electron chi connectivity index (χ3n) is 3.40. The zero-order valence-electron chi connectivity index (χ0n) is 11.2. The second kappa shape index (κ2) is 6.85. The molecule has 1 aromatic carbocycles. The maximum atomic E-state index is 13.5. The minimum absolute atomic E-state index is 0. The molecular formula is C13H17ClF2N2O2. The van der Waals surface area contributed by atoms with Crippen molar-refractivity contribution in [3.63, 3.8) is 0 Å². The lowest BCUT2D eigenvalue weighted by Crippen LogP contribution is -2.48. The van der Waals surface area contributed by atoms with E-state index in [1.54, 1.807) is 6.92 Å². The largest absolute Gasteiger partial charge is 0.491 e. The van der Waals surface area contributed by atoms with Gasteiger partial charge in [0.2, 0.25) is 5.91 Å². The molecule has 2 rings (SSSR count). The van der Waals surface area contributed by atoms with Gasteiger partial charge in [0.15, 0.2) is 17.4 Å². The Balaban J connectivity index is 0.00000200. The van der Waals surface area contributed by atoms with Gasteiger partial charge in [0, 0.05) is 23.7 Å². The Kier molecular flexibility index (Phi) is 5.71. The van der Waals surface area contributed by atoms with Crippen LogP contribution in [-0.2, 0) is 4.79 Å². The fourth-order valence-electron chi connectivity index (χ4n) is 1.96. The first-order valence-corrected chi connectivity index (χ1v) is 6.07. The first kappa shape index (κ1) is 16.7. The van der Waals surface area contributed by atoms with E-state index in [9.17, 15) is 13.6 Å². The van der Waals surface area contributed by atoms with E-state index in [0.717, 1.165) is 25.2 Å². The van der Waals surface area contributed by atoms with Crippen LogP contribution in [-0.4, -0.2) is 26.1 Å². The maximum Gasteiger partial charge on any atom is 0.227 e. The van der Waals surface area contributed by atoms with Crippen LogP contribution >= 0.6 is 12.4 Å². The summed E-state index contributed by atoms with van der Waals surface area (Å²) in [6.07, 6.45) is 0. The topological polar surface area (TPSA) is 50.4 Å². The Bertz CT molecular complexity index is 472. The summed E-state index contributed by atoms with van der Waals surface area (Å²) in [7, 11) is 1.19. The summed E-state index contributed by atoms with van der Waals surface area (Å²) in [5.41, 5.74) is 0.0972. The molecule has 1 aliphatic rings. The number of carbonyl (C=O) groups excluding carboxylic acids is 1. The molecule has 1 aromatic rings. The molecule has 20 heavy (non-hydrogen) atoms. The van der Waals surface area contributed by atoms with Crippen molar-refractivity contribution in [3.8, 4) is 5.75 Å². The van der Waals surface area contributed by atoms with E-state index in [-0.39, 0.29) is 35.8 Å². The average molecular weight is 307 g/mol. The number of amides is 1. The highest BCUT2D eigenvalue weighted by molar-refractivity contribution is 5.92. The molecule has 1 heterocycles. The predicted octanol–water partition coefficient (Wildman–Crippen LogP) is 2.19. The number of carbonyl (C=O) groups is 1. The second-order valence-corrected chi connectivity index (χ2v) is 4.67. The van der Waals surface area contributed by atoms with Crippen molar-refractivity contribution >= 4 is 24.0 Å². The van der Waals surface area contributed by atoms with Crippen molar-refractivity contribution in [2.45, 2.75) is 6.92 Å². The van der Waals surface area contributed by atoms with Crippen molar-refractivity contribution in [2.24, 2.45) is 11.8 Å². The summed E-state index contributed by atoms with van der Waals surface area (Å²) in [4.78, 5) is 11.9. The molecule has 1 saturated heterocycles. The number of anilines is 1. The third kappa shape index (κ3) is 3.37. The Morgan fingerprint density at radius 3 is 2.35 bits per heavy atom. The van der Waals surface area contributed by atoms with Crippen LogP contribution in [0, 0.1) is 23.5 Å². The smallest absolute Gasteiger partial charge is 0.227 e. The van der Waals surface area contributed by atoms with Gasteiger partial charge in [-0.3, -0.25) is 4.79 Å². The van der Waals surface area contributed by atoms with Crippen LogP contribution in [0.5, 0.6) is 5.75 Å². The molecule has 1 amide bonds. The third-order valence-corrected chi connectivity index (χ3v) is 3.40. The number of ether oxygens (including phenoxy) is 1. The molecule has 4 nitrogen and oxygen atoms in total. The van der Waals surface area contributed by atoms with Gasteiger partial charge in [-0.1, -0.05) is 6.92 Å². The molecule has 1 unspecified atom stereocenters. The Morgan fingerprint density at radius 1 is 1.40 bits per heavy atom. The molecule has 2 N–H and O–H groups in total. The van der Waals surface area contributed by atoms with Gasteiger partial charge >= 0.3 is 0 Å². The van der Waals surface area contributed by atoms with Crippen molar-refractivity contribution in [3.05, 3.63) is 23.8 Å². The van der Waals surface area contributed by atoms with Crippen LogP contribution in [0.25, 0.3) is 0 Å². The first-order chi connectivity index (χ1) is 9.02. The molecule has 1 aliphatic heterocycles. The monoisotopic (exact) mass is 306 g/mol. The quantitative estimate of drug-likeness (QED) is 0.896. The SMILES string of the molecule is COc1c(F)cc(NC(=O)C(C)C2CNC2)cc1F.Cl. The summed E-state index contributed by atoms with van der Waals surface area (Å²) in [5, 5.41) is 5.60. The van der Waals surface area contributed by atoms with Crippen molar-refractivity contribution < 1.29 is 18.3 Å². The number of hydrogen-bond acceptors (Lipinski definition) is 3. The van der Waals surface area contributed by atoms with Crippen LogP contribution in [0.2, 0.25) is 0 Å². The van der Waals surface area contributed by atoms with Gasteiger partial charge in [0.25, 0.3) is 0 Å². The predicted molar refractivity (Wildman–Crippen MR) is 74.3 cm³/mol. The van der Waals surface area contributed by atoms with Gasteiger partial charge < -0.3 is 15.4 Å². The molecule has 1 atom stereocenters. The molecule has 0 saturated carbocycles. The Labute approximate surface area is 122 Å². The minimum Gasteiger partial charge on any atom is -0.491 e. The van der Waals surface area contributed by atoms with E-state index in [0.29, 0.717) is 0 Å². The highest BCUT2D eigenvalue weighted by Crippen LogP contribution is 2.26. The first-order valence-electron chi connectivity index (χ1n) is 6.07. The lowest BCUT2D eigenvalue weighted by Gasteiger charge is -2.31. The number of halogens is 3. The molecule has 0 bridgehead atoms. The van der Waals surface area contributed by atoms with Crippen molar-refractivity contribution in [1.29, 1.82) is 0 Å². The summed E-state index contributed by atoms with van der Waals surface area (Å²) >= 11 is 0. The lowest BCUT2D eigenvalue weighted by atomic mass is 9.88. The number of nitrogens with one attached hydrogen (secondary N) is 2. The fourth-order valence-corrected chi connectivity index (χ4v) is 1.96. The molecule has 0 aliphatic carbocycles.